The average Bonchev–Trinajstić information content (AvgIpc) is 3.25. The number of hydrogen-bond acceptors (Lipinski definition) is 3. The summed E-state index contributed by atoms with van der Waals surface area (Å²) in [6.45, 7) is 3.68. The van der Waals surface area contributed by atoms with Crippen LogP contribution in [0.2, 0.25) is 0 Å². The standard InChI is InChI=1S/C16H20N4O/c1-2-20-9-8-17-15(20)11-18-13-4-3-5-14(10-13)19-16(21)12-6-7-12/h3-5,8-10,12,18H,2,6-7,11H2,1H3,(H,19,21). The number of anilines is 2. The molecule has 0 radical (unpaired) electrons. The average molecular weight is 284 g/mol. The van der Waals surface area contributed by atoms with E-state index >= 15 is 0 Å². The van der Waals surface area contributed by atoms with Crippen LogP contribution in [-0.4, -0.2) is 15.5 Å². The Bertz CT molecular complexity index is 631. The number of nitrogens with zero attached hydrogens (tertiary/aromatic N) is 2. The monoisotopic (exact) mass is 284 g/mol. The Morgan fingerprint density at radius 1 is 1.38 bits per heavy atom. The lowest BCUT2D eigenvalue weighted by molar-refractivity contribution is -0.117. The molecule has 0 atom stereocenters. The summed E-state index contributed by atoms with van der Waals surface area (Å²) >= 11 is 0. The molecule has 1 saturated carbocycles. The molecule has 5 nitrogen and oxygen atoms in total. The molecule has 1 amide bonds. The third-order valence-electron chi connectivity index (χ3n) is 3.67. The van der Waals surface area contributed by atoms with Crippen LogP contribution in [0.1, 0.15) is 25.6 Å². The van der Waals surface area contributed by atoms with E-state index in [2.05, 4.69) is 27.1 Å². The number of nitrogens with one attached hydrogen (secondary N) is 2. The van der Waals surface area contributed by atoms with Gasteiger partial charge in [0.15, 0.2) is 0 Å². The largest absolute Gasteiger partial charge is 0.378 e. The fraction of sp³-hybridized carbons (Fsp3) is 0.375. The summed E-state index contributed by atoms with van der Waals surface area (Å²) in [7, 11) is 0. The van der Waals surface area contributed by atoms with Gasteiger partial charge >= 0.3 is 0 Å². The topological polar surface area (TPSA) is 59.0 Å². The number of carbonyl (C=O) groups is 1. The van der Waals surface area contributed by atoms with Crippen molar-refractivity contribution in [3.05, 3.63) is 42.5 Å². The molecule has 1 aliphatic carbocycles. The highest BCUT2D eigenvalue weighted by atomic mass is 16.2. The highest BCUT2D eigenvalue weighted by Gasteiger charge is 2.29. The van der Waals surface area contributed by atoms with Crippen LogP contribution in [0.4, 0.5) is 11.4 Å². The van der Waals surface area contributed by atoms with Crippen molar-refractivity contribution in [2.75, 3.05) is 10.6 Å². The molecular weight excluding hydrogens is 264 g/mol. The quantitative estimate of drug-likeness (QED) is 0.857. The van der Waals surface area contributed by atoms with E-state index in [1.807, 2.05) is 36.7 Å². The number of aromatic nitrogens is 2. The number of aryl methyl sites for hydroxylation is 1. The number of carbonyl (C=O) groups excluding carboxylic acids is 1. The van der Waals surface area contributed by atoms with Crippen molar-refractivity contribution in [2.24, 2.45) is 5.92 Å². The molecule has 1 aromatic carbocycles. The summed E-state index contributed by atoms with van der Waals surface area (Å²) in [5.74, 6) is 1.36. The molecule has 0 aliphatic heterocycles. The van der Waals surface area contributed by atoms with Crippen molar-refractivity contribution in [3.63, 3.8) is 0 Å². The second kappa shape index (κ2) is 5.99. The molecule has 1 fully saturated rings. The Hall–Kier alpha value is -2.30. The molecule has 1 heterocycles. The third kappa shape index (κ3) is 3.42. The molecule has 2 N–H and O–H groups in total. The Kier molecular flexibility index (Phi) is 3.90. The van der Waals surface area contributed by atoms with Crippen LogP contribution in [0.5, 0.6) is 0 Å². The van der Waals surface area contributed by atoms with Crippen molar-refractivity contribution in [1.82, 2.24) is 9.55 Å². The smallest absolute Gasteiger partial charge is 0.227 e. The highest BCUT2D eigenvalue weighted by molar-refractivity contribution is 5.94. The maximum atomic E-state index is 11.8. The predicted octanol–water partition coefficient (Wildman–Crippen LogP) is 2.86. The molecule has 110 valence electrons. The van der Waals surface area contributed by atoms with Gasteiger partial charge in [-0.3, -0.25) is 4.79 Å². The van der Waals surface area contributed by atoms with Crippen molar-refractivity contribution in [1.29, 1.82) is 0 Å². The summed E-state index contributed by atoms with van der Waals surface area (Å²) in [4.78, 5) is 16.1. The van der Waals surface area contributed by atoms with Crippen molar-refractivity contribution >= 4 is 17.3 Å². The zero-order chi connectivity index (χ0) is 14.7. The summed E-state index contributed by atoms with van der Waals surface area (Å²) in [5.41, 5.74) is 1.82. The molecule has 3 rings (SSSR count). The molecule has 5 heteroatoms. The molecule has 2 aromatic rings. The zero-order valence-electron chi connectivity index (χ0n) is 12.2. The van der Waals surface area contributed by atoms with Gasteiger partial charge in [-0.25, -0.2) is 4.98 Å². The number of rotatable bonds is 6. The van der Waals surface area contributed by atoms with E-state index < -0.39 is 0 Å². The Balaban J connectivity index is 1.61. The van der Waals surface area contributed by atoms with E-state index in [0.29, 0.717) is 6.54 Å². The van der Waals surface area contributed by atoms with E-state index in [1.54, 1.807) is 0 Å². The lowest BCUT2D eigenvalue weighted by atomic mass is 10.2. The normalized spacial score (nSPS) is 14.0. The lowest BCUT2D eigenvalue weighted by Crippen LogP contribution is -2.13. The highest BCUT2D eigenvalue weighted by Crippen LogP contribution is 2.30. The van der Waals surface area contributed by atoms with Crippen LogP contribution < -0.4 is 10.6 Å². The van der Waals surface area contributed by atoms with Crippen LogP contribution in [0, 0.1) is 5.92 Å². The van der Waals surface area contributed by atoms with Gasteiger partial charge in [0.25, 0.3) is 0 Å². The second-order valence-electron chi connectivity index (χ2n) is 5.33. The van der Waals surface area contributed by atoms with E-state index in [-0.39, 0.29) is 11.8 Å². The maximum absolute atomic E-state index is 11.8. The number of benzene rings is 1. The lowest BCUT2D eigenvalue weighted by Gasteiger charge is -2.10. The van der Waals surface area contributed by atoms with Crippen molar-refractivity contribution < 1.29 is 4.79 Å². The summed E-state index contributed by atoms with van der Waals surface area (Å²) < 4.78 is 2.10. The maximum Gasteiger partial charge on any atom is 0.227 e. The summed E-state index contributed by atoms with van der Waals surface area (Å²) in [6.07, 6.45) is 5.82. The molecule has 1 aliphatic rings. The Morgan fingerprint density at radius 2 is 2.19 bits per heavy atom. The molecular formula is C16H20N4O. The first-order chi connectivity index (χ1) is 10.3. The Labute approximate surface area is 124 Å². The van der Waals surface area contributed by atoms with Gasteiger partial charge in [-0.2, -0.15) is 0 Å². The van der Waals surface area contributed by atoms with Crippen LogP contribution in [0.3, 0.4) is 0 Å². The van der Waals surface area contributed by atoms with Gasteiger partial charge in [0.2, 0.25) is 5.91 Å². The van der Waals surface area contributed by atoms with Crippen LogP contribution in [-0.2, 0) is 17.9 Å². The van der Waals surface area contributed by atoms with Gasteiger partial charge in [0.1, 0.15) is 5.82 Å². The molecule has 0 saturated heterocycles. The van der Waals surface area contributed by atoms with Gasteiger partial charge < -0.3 is 15.2 Å². The minimum absolute atomic E-state index is 0.133. The number of amides is 1. The first-order valence-corrected chi connectivity index (χ1v) is 7.41. The Morgan fingerprint density at radius 3 is 2.95 bits per heavy atom. The number of imidazole rings is 1. The summed E-state index contributed by atoms with van der Waals surface area (Å²) in [5, 5.41) is 6.31. The van der Waals surface area contributed by atoms with Gasteiger partial charge in [-0.05, 0) is 38.0 Å². The zero-order valence-corrected chi connectivity index (χ0v) is 12.2. The molecule has 1 aromatic heterocycles. The molecule has 21 heavy (non-hydrogen) atoms. The van der Waals surface area contributed by atoms with E-state index in [0.717, 1.165) is 36.6 Å². The van der Waals surface area contributed by atoms with Gasteiger partial charge in [0.05, 0.1) is 6.54 Å². The second-order valence-corrected chi connectivity index (χ2v) is 5.33. The SMILES string of the molecule is CCn1ccnc1CNc1cccc(NC(=O)C2CC2)c1. The fourth-order valence-corrected chi connectivity index (χ4v) is 2.27. The van der Waals surface area contributed by atoms with E-state index in [1.165, 1.54) is 0 Å². The molecule has 0 unspecified atom stereocenters. The first kappa shape index (κ1) is 13.7. The van der Waals surface area contributed by atoms with Crippen LogP contribution >= 0.6 is 0 Å². The van der Waals surface area contributed by atoms with Crippen LogP contribution in [0.15, 0.2) is 36.7 Å². The van der Waals surface area contributed by atoms with Gasteiger partial charge in [0, 0.05) is 36.2 Å². The third-order valence-corrected chi connectivity index (χ3v) is 3.67. The molecule has 0 bridgehead atoms. The van der Waals surface area contributed by atoms with Gasteiger partial charge in [-0.1, -0.05) is 6.07 Å². The predicted molar refractivity (Wildman–Crippen MR) is 83.0 cm³/mol. The first-order valence-electron chi connectivity index (χ1n) is 7.41. The summed E-state index contributed by atoms with van der Waals surface area (Å²) in [6, 6.07) is 7.81. The van der Waals surface area contributed by atoms with Crippen molar-refractivity contribution in [3.8, 4) is 0 Å². The van der Waals surface area contributed by atoms with E-state index in [4.69, 9.17) is 0 Å². The minimum atomic E-state index is 0.133. The number of hydrogen-bond donors (Lipinski definition) is 2. The van der Waals surface area contributed by atoms with Gasteiger partial charge in [-0.15, -0.1) is 0 Å². The van der Waals surface area contributed by atoms with E-state index in [9.17, 15) is 4.79 Å². The van der Waals surface area contributed by atoms with Crippen molar-refractivity contribution in [2.45, 2.75) is 32.9 Å². The van der Waals surface area contributed by atoms with Crippen LogP contribution in [0.25, 0.3) is 0 Å². The minimum Gasteiger partial charge on any atom is -0.378 e. The molecule has 0 spiro atoms. The fourth-order valence-electron chi connectivity index (χ4n) is 2.27.